The molecule has 0 radical (unpaired) electrons. The Morgan fingerprint density at radius 3 is 2.23 bits per heavy atom. The molecule has 0 bridgehead atoms. The molecule has 0 aliphatic rings. The highest BCUT2D eigenvalue weighted by Crippen LogP contribution is 2.21. The van der Waals surface area contributed by atoms with E-state index in [2.05, 4.69) is 20.8 Å². The summed E-state index contributed by atoms with van der Waals surface area (Å²) in [4.78, 5) is 0. The van der Waals surface area contributed by atoms with Crippen molar-refractivity contribution in [2.75, 3.05) is 0 Å². The Morgan fingerprint density at radius 2 is 1.77 bits per heavy atom. The molecule has 0 aromatic carbocycles. The van der Waals surface area contributed by atoms with E-state index in [4.69, 9.17) is 0 Å². The van der Waals surface area contributed by atoms with Crippen molar-refractivity contribution < 1.29 is 5.11 Å². The average molecular weight is 181 g/mol. The van der Waals surface area contributed by atoms with Gasteiger partial charge in [-0.3, -0.25) is 0 Å². The second-order valence-corrected chi connectivity index (χ2v) is 4.80. The molecule has 1 atom stereocenters. The van der Waals surface area contributed by atoms with Crippen LogP contribution in [-0.4, -0.2) is 15.8 Å². The molecular formula is C11H19NO. The van der Waals surface area contributed by atoms with E-state index in [1.165, 1.54) is 0 Å². The summed E-state index contributed by atoms with van der Waals surface area (Å²) in [5.74, 6) is 0. The molecule has 1 aromatic rings. The summed E-state index contributed by atoms with van der Waals surface area (Å²) in [6.45, 7) is 7.13. The van der Waals surface area contributed by atoms with Gasteiger partial charge in [-0.1, -0.05) is 20.8 Å². The standard InChI is InChI=1S/C11H19NO/c1-11(2,3)8-10(13)9-12-6-4-5-7-12/h4-7,10,13H,8-9H2,1-3H3. The van der Waals surface area contributed by atoms with Gasteiger partial charge < -0.3 is 9.67 Å². The van der Waals surface area contributed by atoms with Crippen molar-refractivity contribution in [3.63, 3.8) is 0 Å². The van der Waals surface area contributed by atoms with Crippen LogP contribution in [-0.2, 0) is 6.54 Å². The number of aliphatic hydroxyl groups excluding tert-OH is 1. The SMILES string of the molecule is CC(C)(C)CC(O)Cn1cccc1. The highest BCUT2D eigenvalue weighted by molar-refractivity contribution is 4.90. The zero-order chi connectivity index (χ0) is 9.90. The van der Waals surface area contributed by atoms with Gasteiger partial charge in [0.25, 0.3) is 0 Å². The summed E-state index contributed by atoms with van der Waals surface area (Å²) in [6, 6.07) is 3.95. The van der Waals surface area contributed by atoms with E-state index in [0.717, 1.165) is 6.42 Å². The number of rotatable bonds is 3. The Balaban J connectivity index is 2.38. The quantitative estimate of drug-likeness (QED) is 0.760. The number of hydrogen-bond donors (Lipinski definition) is 1. The molecule has 0 saturated carbocycles. The maximum Gasteiger partial charge on any atom is 0.0723 e. The molecule has 1 N–H and O–H groups in total. The van der Waals surface area contributed by atoms with Gasteiger partial charge in [0, 0.05) is 18.9 Å². The Morgan fingerprint density at radius 1 is 1.23 bits per heavy atom. The minimum atomic E-state index is -0.243. The molecule has 2 nitrogen and oxygen atoms in total. The average Bonchev–Trinajstić information content (AvgIpc) is 2.34. The second kappa shape index (κ2) is 3.97. The largest absolute Gasteiger partial charge is 0.391 e. The smallest absolute Gasteiger partial charge is 0.0723 e. The van der Waals surface area contributed by atoms with Crippen LogP contribution in [0.15, 0.2) is 24.5 Å². The molecule has 0 aliphatic heterocycles. The summed E-state index contributed by atoms with van der Waals surface area (Å²) in [6.07, 6.45) is 4.55. The number of aliphatic hydroxyl groups is 1. The van der Waals surface area contributed by atoms with E-state index in [9.17, 15) is 5.11 Å². The molecule has 0 amide bonds. The van der Waals surface area contributed by atoms with Crippen LogP contribution in [0, 0.1) is 5.41 Å². The summed E-state index contributed by atoms with van der Waals surface area (Å²) in [5.41, 5.74) is 0.201. The van der Waals surface area contributed by atoms with Gasteiger partial charge in [0.05, 0.1) is 6.10 Å². The van der Waals surface area contributed by atoms with Crippen molar-refractivity contribution in [3.05, 3.63) is 24.5 Å². The van der Waals surface area contributed by atoms with Crippen LogP contribution in [0.3, 0.4) is 0 Å². The lowest BCUT2D eigenvalue weighted by Gasteiger charge is -2.22. The van der Waals surface area contributed by atoms with Crippen molar-refractivity contribution in [1.82, 2.24) is 4.57 Å². The topological polar surface area (TPSA) is 25.2 Å². The first kappa shape index (κ1) is 10.3. The molecule has 1 aromatic heterocycles. The molecule has 1 rings (SSSR count). The Bertz CT molecular complexity index is 233. The monoisotopic (exact) mass is 181 g/mol. The Hall–Kier alpha value is -0.760. The fourth-order valence-electron chi connectivity index (χ4n) is 1.51. The van der Waals surface area contributed by atoms with Crippen LogP contribution >= 0.6 is 0 Å². The van der Waals surface area contributed by atoms with Crippen LogP contribution in [0.25, 0.3) is 0 Å². The third-order valence-electron chi connectivity index (χ3n) is 1.94. The number of hydrogen-bond acceptors (Lipinski definition) is 1. The van der Waals surface area contributed by atoms with E-state index in [1.54, 1.807) is 0 Å². The van der Waals surface area contributed by atoms with Crippen molar-refractivity contribution in [2.45, 2.75) is 39.8 Å². The predicted octanol–water partition coefficient (Wildman–Crippen LogP) is 2.29. The zero-order valence-corrected chi connectivity index (χ0v) is 8.70. The van der Waals surface area contributed by atoms with Gasteiger partial charge in [0.2, 0.25) is 0 Å². The number of aromatic nitrogens is 1. The summed E-state index contributed by atoms with van der Waals surface area (Å²) < 4.78 is 2.01. The van der Waals surface area contributed by atoms with E-state index >= 15 is 0 Å². The van der Waals surface area contributed by atoms with Gasteiger partial charge in [0.1, 0.15) is 0 Å². The predicted molar refractivity (Wildman–Crippen MR) is 54.5 cm³/mol. The second-order valence-electron chi connectivity index (χ2n) is 4.80. The highest BCUT2D eigenvalue weighted by atomic mass is 16.3. The molecule has 0 fully saturated rings. The van der Waals surface area contributed by atoms with Gasteiger partial charge in [-0.05, 0) is 24.0 Å². The lowest BCUT2D eigenvalue weighted by Crippen LogP contribution is -2.21. The van der Waals surface area contributed by atoms with Crippen molar-refractivity contribution in [2.24, 2.45) is 5.41 Å². The summed E-state index contributed by atoms with van der Waals surface area (Å²) in [5, 5.41) is 9.74. The van der Waals surface area contributed by atoms with Gasteiger partial charge >= 0.3 is 0 Å². The number of nitrogens with zero attached hydrogens (tertiary/aromatic N) is 1. The molecule has 0 saturated heterocycles. The Kier molecular flexibility index (Phi) is 3.15. The van der Waals surface area contributed by atoms with Crippen LogP contribution in [0.1, 0.15) is 27.2 Å². The third kappa shape index (κ3) is 4.13. The van der Waals surface area contributed by atoms with Crippen LogP contribution in [0.2, 0.25) is 0 Å². The normalized spacial score (nSPS) is 14.5. The summed E-state index contributed by atoms with van der Waals surface area (Å²) in [7, 11) is 0. The van der Waals surface area contributed by atoms with Crippen LogP contribution in [0.5, 0.6) is 0 Å². The van der Waals surface area contributed by atoms with E-state index in [0.29, 0.717) is 6.54 Å². The molecule has 74 valence electrons. The fraction of sp³-hybridized carbons (Fsp3) is 0.636. The molecule has 0 spiro atoms. The maximum atomic E-state index is 9.74. The highest BCUT2D eigenvalue weighted by Gasteiger charge is 2.16. The van der Waals surface area contributed by atoms with Gasteiger partial charge in [-0.15, -0.1) is 0 Å². The molecular weight excluding hydrogens is 162 g/mol. The van der Waals surface area contributed by atoms with Crippen molar-refractivity contribution in [1.29, 1.82) is 0 Å². The zero-order valence-electron chi connectivity index (χ0n) is 8.70. The molecule has 13 heavy (non-hydrogen) atoms. The first-order chi connectivity index (χ1) is 5.97. The maximum absolute atomic E-state index is 9.74. The molecule has 0 aliphatic carbocycles. The van der Waals surface area contributed by atoms with Gasteiger partial charge in [-0.2, -0.15) is 0 Å². The van der Waals surface area contributed by atoms with E-state index < -0.39 is 0 Å². The fourth-order valence-corrected chi connectivity index (χ4v) is 1.51. The molecule has 1 heterocycles. The first-order valence-corrected chi connectivity index (χ1v) is 4.76. The Labute approximate surface area is 80.2 Å². The minimum Gasteiger partial charge on any atom is -0.391 e. The van der Waals surface area contributed by atoms with E-state index in [-0.39, 0.29) is 11.5 Å². The van der Waals surface area contributed by atoms with E-state index in [1.807, 2.05) is 29.1 Å². The molecule has 1 unspecified atom stereocenters. The minimum absolute atomic E-state index is 0.201. The lowest BCUT2D eigenvalue weighted by atomic mass is 9.89. The van der Waals surface area contributed by atoms with Crippen molar-refractivity contribution in [3.8, 4) is 0 Å². The summed E-state index contributed by atoms with van der Waals surface area (Å²) >= 11 is 0. The molecule has 2 heteroatoms. The lowest BCUT2D eigenvalue weighted by molar-refractivity contribution is 0.105. The van der Waals surface area contributed by atoms with Crippen LogP contribution in [0.4, 0.5) is 0 Å². The third-order valence-corrected chi connectivity index (χ3v) is 1.94. The first-order valence-electron chi connectivity index (χ1n) is 4.76. The van der Waals surface area contributed by atoms with Crippen molar-refractivity contribution >= 4 is 0 Å². The van der Waals surface area contributed by atoms with Gasteiger partial charge in [-0.25, -0.2) is 0 Å². The van der Waals surface area contributed by atoms with Crippen LogP contribution < -0.4 is 0 Å². The van der Waals surface area contributed by atoms with Gasteiger partial charge in [0.15, 0.2) is 0 Å².